The van der Waals surface area contributed by atoms with Gasteiger partial charge in [-0.1, -0.05) is 6.07 Å². The number of hydrogen-bond acceptors (Lipinski definition) is 6. The lowest BCUT2D eigenvalue weighted by atomic mass is 10.2. The monoisotopic (exact) mass is 354 g/mol. The number of ether oxygens (including phenoxy) is 3. The molecule has 2 aromatic rings. The molecule has 0 atom stereocenters. The van der Waals surface area contributed by atoms with Gasteiger partial charge in [0, 0.05) is 5.69 Å². The molecule has 0 spiro atoms. The Morgan fingerprint density at radius 2 is 1.73 bits per heavy atom. The molecule has 7 heteroatoms. The van der Waals surface area contributed by atoms with Crippen molar-refractivity contribution in [2.45, 2.75) is 6.92 Å². The Morgan fingerprint density at radius 3 is 2.38 bits per heavy atom. The molecule has 2 aromatic carbocycles. The van der Waals surface area contributed by atoms with Crippen LogP contribution < -0.4 is 14.8 Å². The molecule has 1 N–H and O–H groups in total. The first kappa shape index (κ1) is 18.8. The Labute approximate surface area is 151 Å². The predicted molar refractivity (Wildman–Crippen MR) is 93.9 cm³/mol. The highest BCUT2D eigenvalue weighted by molar-refractivity contribution is 5.93. The van der Waals surface area contributed by atoms with Crippen LogP contribution in [0.1, 0.15) is 12.5 Å². The SMILES string of the molecule is CCOc1ccc(OCC(=O)OCC(=O)Nc2cccc(C#N)c2)cc1. The summed E-state index contributed by atoms with van der Waals surface area (Å²) in [6.45, 7) is 1.69. The quantitative estimate of drug-likeness (QED) is 0.732. The molecule has 0 aromatic heterocycles. The second-order valence-corrected chi connectivity index (χ2v) is 5.09. The summed E-state index contributed by atoms with van der Waals surface area (Å²) in [5.41, 5.74) is 0.874. The summed E-state index contributed by atoms with van der Waals surface area (Å²) >= 11 is 0. The number of carbonyl (C=O) groups is 2. The van der Waals surface area contributed by atoms with Gasteiger partial charge in [-0.05, 0) is 49.4 Å². The van der Waals surface area contributed by atoms with E-state index in [9.17, 15) is 9.59 Å². The molecule has 0 bridgehead atoms. The number of esters is 1. The summed E-state index contributed by atoms with van der Waals surface area (Å²) < 4.78 is 15.4. The summed E-state index contributed by atoms with van der Waals surface area (Å²) in [5, 5.41) is 11.4. The second kappa shape index (κ2) is 9.69. The normalized spacial score (nSPS) is 9.69. The van der Waals surface area contributed by atoms with E-state index in [2.05, 4.69) is 5.32 Å². The van der Waals surface area contributed by atoms with Crippen LogP contribution in [0.2, 0.25) is 0 Å². The molecule has 26 heavy (non-hydrogen) atoms. The maximum atomic E-state index is 11.8. The molecule has 0 unspecified atom stereocenters. The highest BCUT2D eigenvalue weighted by atomic mass is 16.6. The summed E-state index contributed by atoms with van der Waals surface area (Å²) in [6, 6.07) is 15.2. The lowest BCUT2D eigenvalue weighted by Crippen LogP contribution is -2.23. The van der Waals surface area contributed by atoms with Gasteiger partial charge >= 0.3 is 5.97 Å². The van der Waals surface area contributed by atoms with E-state index in [-0.39, 0.29) is 6.61 Å². The maximum Gasteiger partial charge on any atom is 0.344 e. The van der Waals surface area contributed by atoms with Gasteiger partial charge in [0.15, 0.2) is 13.2 Å². The highest BCUT2D eigenvalue weighted by Crippen LogP contribution is 2.17. The average Bonchev–Trinajstić information content (AvgIpc) is 2.66. The molecule has 0 saturated carbocycles. The van der Waals surface area contributed by atoms with Gasteiger partial charge in [-0.25, -0.2) is 4.79 Å². The van der Waals surface area contributed by atoms with Crippen molar-refractivity contribution in [3.63, 3.8) is 0 Å². The van der Waals surface area contributed by atoms with Crippen LogP contribution in [-0.2, 0) is 14.3 Å². The number of amides is 1. The van der Waals surface area contributed by atoms with Gasteiger partial charge in [-0.15, -0.1) is 0 Å². The number of rotatable bonds is 8. The Hall–Kier alpha value is -3.53. The van der Waals surface area contributed by atoms with Crippen molar-refractivity contribution >= 4 is 17.6 Å². The number of anilines is 1. The fourth-order valence-electron chi connectivity index (χ4n) is 1.99. The van der Waals surface area contributed by atoms with E-state index < -0.39 is 18.5 Å². The van der Waals surface area contributed by atoms with Crippen LogP contribution >= 0.6 is 0 Å². The van der Waals surface area contributed by atoms with Crippen LogP contribution in [-0.4, -0.2) is 31.7 Å². The zero-order valence-corrected chi connectivity index (χ0v) is 14.2. The Kier molecular flexibility index (Phi) is 7.01. The largest absolute Gasteiger partial charge is 0.494 e. The van der Waals surface area contributed by atoms with Crippen molar-refractivity contribution in [2.75, 3.05) is 25.1 Å². The summed E-state index contributed by atoms with van der Waals surface area (Å²) in [5.74, 6) is 0.0251. The molecule has 0 aliphatic rings. The van der Waals surface area contributed by atoms with Gasteiger partial charge in [0.1, 0.15) is 11.5 Å². The smallest absolute Gasteiger partial charge is 0.344 e. The topological polar surface area (TPSA) is 97.7 Å². The lowest BCUT2D eigenvalue weighted by molar-refractivity contribution is -0.149. The van der Waals surface area contributed by atoms with Gasteiger partial charge in [0.2, 0.25) is 0 Å². The molecular formula is C19H18N2O5. The minimum Gasteiger partial charge on any atom is -0.494 e. The average molecular weight is 354 g/mol. The summed E-state index contributed by atoms with van der Waals surface area (Å²) in [4.78, 5) is 23.4. The molecule has 0 aliphatic carbocycles. The fraction of sp³-hybridized carbons (Fsp3) is 0.211. The van der Waals surface area contributed by atoms with Gasteiger partial charge in [0.25, 0.3) is 5.91 Å². The zero-order chi connectivity index (χ0) is 18.8. The van der Waals surface area contributed by atoms with E-state index in [1.807, 2.05) is 13.0 Å². The molecule has 7 nitrogen and oxygen atoms in total. The van der Waals surface area contributed by atoms with Crippen LogP contribution in [0.5, 0.6) is 11.5 Å². The molecule has 0 fully saturated rings. The van der Waals surface area contributed by atoms with Gasteiger partial charge < -0.3 is 19.5 Å². The van der Waals surface area contributed by atoms with E-state index >= 15 is 0 Å². The van der Waals surface area contributed by atoms with Crippen LogP contribution in [0.25, 0.3) is 0 Å². The summed E-state index contributed by atoms with van der Waals surface area (Å²) in [7, 11) is 0. The van der Waals surface area contributed by atoms with Crippen molar-refractivity contribution in [3.05, 3.63) is 54.1 Å². The number of hydrogen-bond donors (Lipinski definition) is 1. The lowest BCUT2D eigenvalue weighted by Gasteiger charge is -2.09. The highest BCUT2D eigenvalue weighted by Gasteiger charge is 2.09. The standard InChI is InChI=1S/C19H18N2O5/c1-2-24-16-6-8-17(9-7-16)25-13-19(23)26-12-18(22)21-15-5-3-4-14(10-15)11-20/h3-10H,2,12-13H2,1H3,(H,21,22). The minimum absolute atomic E-state index is 0.314. The first-order valence-corrected chi connectivity index (χ1v) is 7.92. The van der Waals surface area contributed by atoms with Crippen LogP contribution in [0.15, 0.2) is 48.5 Å². The first-order chi connectivity index (χ1) is 12.6. The third-order valence-corrected chi connectivity index (χ3v) is 3.13. The van der Waals surface area contributed by atoms with Crippen LogP contribution in [0, 0.1) is 11.3 Å². The molecule has 134 valence electrons. The van der Waals surface area contributed by atoms with E-state index in [0.29, 0.717) is 29.4 Å². The third-order valence-electron chi connectivity index (χ3n) is 3.13. The zero-order valence-electron chi connectivity index (χ0n) is 14.2. The van der Waals surface area contributed by atoms with Crippen LogP contribution in [0.3, 0.4) is 0 Å². The van der Waals surface area contributed by atoms with Gasteiger partial charge in [-0.2, -0.15) is 5.26 Å². The number of nitriles is 1. The maximum absolute atomic E-state index is 11.8. The first-order valence-electron chi connectivity index (χ1n) is 7.92. The minimum atomic E-state index is -0.667. The van der Waals surface area contributed by atoms with E-state index in [1.54, 1.807) is 42.5 Å². The van der Waals surface area contributed by atoms with Crippen molar-refractivity contribution < 1.29 is 23.8 Å². The number of nitrogens with zero attached hydrogens (tertiary/aromatic N) is 1. The second-order valence-electron chi connectivity index (χ2n) is 5.09. The third kappa shape index (κ3) is 6.17. The number of benzene rings is 2. The van der Waals surface area contributed by atoms with Crippen molar-refractivity contribution in [1.82, 2.24) is 0 Å². The van der Waals surface area contributed by atoms with Crippen molar-refractivity contribution in [3.8, 4) is 17.6 Å². The van der Waals surface area contributed by atoms with Gasteiger partial charge in [-0.3, -0.25) is 4.79 Å². The number of carbonyl (C=O) groups excluding carboxylic acids is 2. The molecule has 0 saturated heterocycles. The Balaban J connectivity index is 1.72. The van der Waals surface area contributed by atoms with Gasteiger partial charge in [0.05, 0.1) is 18.2 Å². The molecule has 1 amide bonds. The summed E-state index contributed by atoms with van der Waals surface area (Å²) in [6.07, 6.45) is 0. The van der Waals surface area contributed by atoms with E-state index in [1.165, 1.54) is 6.07 Å². The van der Waals surface area contributed by atoms with E-state index in [0.717, 1.165) is 0 Å². The molecule has 0 radical (unpaired) electrons. The predicted octanol–water partition coefficient (Wildman–Crippen LogP) is 2.52. The van der Waals surface area contributed by atoms with Crippen LogP contribution in [0.4, 0.5) is 5.69 Å². The van der Waals surface area contributed by atoms with Crippen molar-refractivity contribution in [1.29, 1.82) is 5.26 Å². The number of nitrogens with one attached hydrogen (secondary N) is 1. The van der Waals surface area contributed by atoms with Crippen molar-refractivity contribution in [2.24, 2.45) is 0 Å². The van der Waals surface area contributed by atoms with E-state index in [4.69, 9.17) is 19.5 Å². The molecule has 2 rings (SSSR count). The molecular weight excluding hydrogens is 336 g/mol. The molecule has 0 aliphatic heterocycles. The Morgan fingerprint density at radius 1 is 1.04 bits per heavy atom. The molecule has 0 heterocycles. The Bertz CT molecular complexity index is 796. The fourth-order valence-corrected chi connectivity index (χ4v) is 1.99.